The number of hydrogen-bond donors (Lipinski definition) is 1. The van der Waals surface area contributed by atoms with Crippen molar-refractivity contribution in [3.05, 3.63) is 47.5 Å². The van der Waals surface area contributed by atoms with Crippen molar-refractivity contribution in [1.82, 2.24) is 4.90 Å². The maximum Gasteiger partial charge on any atom is 0.102 e. The normalized spacial score (nSPS) is 12.4. The van der Waals surface area contributed by atoms with Gasteiger partial charge >= 0.3 is 0 Å². The van der Waals surface area contributed by atoms with Gasteiger partial charge in [-0.25, -0.2) is 0 Å². The predicted octanol–water partition coefficient (Wildman–Crippen LogP) is 3.18. The zero-order valence-corrected chi connectivity index (χ0v) is 13.7. The number of hydrogen-bond acceptors (Lipinski definition) is 3. The van der Waals surface area contributed by atoms with Gasteiger partial charge in [-0.2, -0.15) is 0 Å². The Morgan fingerprint density at radius 3 is 2.48 bits per heavy atom. The molecule has 0 aromatic heterocycles. The van der Waals surface area contributed by atoms with Crippen molar-refractivity contribution in [3.63, 3.8) is 0 Å². The fraction of sp³-hybridized carbons (Fsp3) is 0.412. The van der Waals surface area contributed by atoms with Gasteiger partial charge in [0.1, 0.15) is 6.10 Å². The first kappa shape index (κ1) is 17.9. The average Bonchev–Trinajstić information content (AvgIpc) is 2.42. The van der Waals surface area contributed by atoms with E-state index in [0.717, 1.165) is 17.5 Å². The van der Waals surface area contributed by atoms with Crippen LogP contribution in [0.2, 0.25) is 0 Å². The molecule has 4 heteroatoms. The molecule has 1 N–H and O–H groups in total. The molecule has 21 heavy (non-hydrogen) atoms. The second-order valence-electron chi connectivity index (χ2n) is 5.50. The molecule has 0 saturated heterocycles. The lowest BCUT2D eigenvalue weighted by molar-refractivity contribution is 0.0307. The molecular formula is C17H24ClNO2. The first-order chi connectivity index (χ1) is 9.56. The summed E-state index contributed by atoms with van der Waals surface area (Å²) in [5.74, 6) is 0. The van der Waals surface area contributed by atoms with Gasteiger partial charge in [0.15, 0.2) is 0 Å². The smallest absolute Gasteiger partial charge is 0.102 e. The number of halogens is 1. The maximum atomic E-state index is 10.2. The first-order valence-electron chi connectivity index (χ1n) is 6.97. The van der Waals surface area contributed by atoms with E-state index in [-0.39, 0.29) is 12.4 Å². The summed E-state index contributed by atoms with van der Waals surface area (Å²) in [6, 6.07) is 12.4. The van der Waals surface area contributed by atoms with Gasteiger partial charge in [-0.15, -0.1) is 12.4 Å². The van der Waals surface area contributed by atoms with E-state index in [0.29, 0.717) is 13.2 Å². The molecule has 2 rings (SSSR count). The Bertz CT molecular complexity index is 572. The van der Waals surface area contributed by atoms with Crippen LogP contribution in [0.4, 0.5) is 0 Å². The van der Waals surface area contributed by atoms with Crippen LogP contribution in [0, 0.1) is 6.92 Å². The van der Waals surface area contributed by atoms with Crippen LogP contribution >= 0.6 is 12.4 Å². The second kappa shape index (κ2) is 8.35. The number of fused-ring (bicyclic) bond motifs is 1. The maximum absolute atomic E-state index is 10.2. The van der Waals surface area contributed by atoms with E-state index in [9.17, 15) is 5.11 Å². The Morgan fingerprint density at radius 2 is 1.76 bits per heavy atom. The minimum atomic E-state index is -0.567. The Hall–Kier alpha value is -1.13. The highest BCUT2D eigenvalue weighted by molar-refractivity contribution is 5.85. The number of nitrogens with zero attached hydrogens (tertiary/aromatic N) is 1. The largest absolute Gasteiger partial charge is 0.386 e. The van der Waals surface area contributed by atoms with Crippen LogP contribution < -0.4 is 0 Å². The lowest BCUT2D eigenvalue weighted by Crippen LogP contribution is -2.19. The van der Waals surface area contributed by atoms with E-state index in [1.54, 1.807) is 0 Å². The molecule has 0 amide bonds. The quantitative estimate of drug-likeness (QED) is 0.832. The van der Waals surface area contributed by atoms with Crippen molar-refractivity contribution >= 4 is 23.2 Å². The second-order valence-corrected chi connectivity index (χ2v) is 5.50. The highest BCUT2D eigenvalue weighted by Crippen LogP contribution is 2.21. The Balaban J connectivity index is 0.00000220. The van der Waals surface area contributed by atoms with Gasteiger partial charge in [-0.3, -0.25) is 0 Å². The number of rotatable bonds is 6. The third kappa shape index (κ3) is 5.29. The monoisotopic (exact) mass is 309 g/mol. The van der Waals surface area contributed by atoms with Gasteiger partial charge in [0, 0.05) is 6.54 Å². The predicted molar refractivity (Wildman–Crippen MR) is 90.3 cm³/mol. The molecule has 0 heterocycles. The summed E-state index contributed by atoms with van der Waals surface area (Å²) in [7, 11) is 4.01. The number of benzene rings is 2. The number of likely N-dealkylation sites (N-methyl/N-ethyl adjacent to an activating group) is 1. The molecule has 0 aliphatic heterocycles. The van der Waals surface area contributed by atoms with Crippen molar-refractivity contribution in [2.24, 2.45) is 0 Å². The molecule has 116 valence electrons. The van der Waals surface area contributed by atoms with Crippen LogP contribution in [-0.4, -0.2) is 43.9 Å². The number of aryl methyl sites for hydroxylation is 1. The summed E-state index contributed by atoms with van der Waals surface area (Å²) in [4.78, 5) is 2.06. The van der Waals surface area contributed by atoms with Crippen molar-refractivity contribution in [2.75, 3.05) is 33.9 Å². The molecule has 0 saturated carbocycles. The Morgan fingerprint density at radius 1 is 1.10 bits per heavy atom. The van der Waals surface area contributed by atoms with Gasteiger partial charge in [0.05, 0.1) is 13.2 Å². The van der Waals surface area contributed by atoms with Gasteiger partial charge < -0.3 is 14.7 Å². The molecule has 1 atom stereocenters. The zero-order valence-electron chi connectivity index (χ0n) is 12.9. The molecular weight excluding hydrogens is 286 g/mol. The molecule has 1 unspecified atom stereocenters. The summed E-state index contributed by atoms with van der Waals surface area (Å²) in [5.41, 5.74) is 2.16. The fourth-order valence-corrected chi connectivity index (χ4v) is 2.13. The molecule has 2 aromatic rings. The van der Waals surface area contributed by atoms with Crippen LogP contribution in [0.3, 0.4) is 0 Å². The van der Waals surface area contributed by atoms with E-state index >= 15 is 0 Å². The lowest BCUT2D eigenvalue weighted by atomic mass is 10.0. The van der Waals surface area contributed by atoms with Crippen LogP contribution in [0.15, 0.2) is 36.4 Å². The van der Waals surface area contributed by atoms with E-state index in [2.05, 4.69) is 36.1 Å². The number of aliphatic hydroxyl groups is 1. The van der Waals surface area contributed by atoms with Crippen molar-refractivity contribution in [3.8, 4) is 0 Å². The zero-order chi connectivity index (χ0) is 14.5. The molecule has 0 aliphatic rings. The van der Waals surface area contributed by atoms with Gasteiger partial charge in [-0.05, 0) is 43.4 Å². The topological polar surface area (TPSA) is 32.7 Å². The summed E-state index contributed by atoms with van der Waals surface area (Å²) < 4.78 is 5.50. The van der Waals surface area contributed by atoms with Gasteiger partial charge in [0.2, 0.25) is 0 Å². The van der Waals surface area contributed by atoms with Crippen LogP contribution in [0.1, 0.15) is 17.2 Å². The number of ether oxygens (including phenoxy) is 1. The summed E-state index contributed by atoms with van der Waals surface area (Å²) >= 11 is 0. The minimum absolute atomic E-state index is 0. The van der Waals surface area contributed by atoms with Crippen LogP contribution in [0.25, 0.3) is 10.8 Å². The van der Waals surface area contributed by atoms with Gasteiger partial charge in [0.25, 0.3) is 0 Å². The van der Waals surface area contributed by atoms with E-state index in [4.69, 9.17) is 4.74 Å². The van der Waals surface area contributed by atoms with Crippen molar-refractivity contribution < 1.29 is 9.84 Å². The van der Waals surface area contributed by atoms with Crippen molar-refractivity contribution in [2.45, 2.75) is 13.0 Å². The molecule has 0 spiro atoms. The minimum Gasteiger partial charge on any atom is -0.386 e. The Kier molecular flexibility index (Phi) is 7.12. The average molecular weight is 310 g/mol. The SMILES string of the molecule is Cc1ccc2cc(C(O)COCCN(C)C)ccc2c1.Cl. The third-order valence-corrected chi connectivity index (χ3v) is 3.36. The van der Waals surface area contributed by atoms with E-state index < -0.39 is 6.10 Å². The number of aliphatic hydroxyl groups excluding tert-OH is 1. The van der Waals surface area contributed by atoms with E-state index in [1.165, 1.54) is 10.9 Å². The highest BCUT2D eigenvalue weighted by Gasteiger charge is 2.08. The molecule has 0 radical (unpaired) electrons. The summed E-state index contributed by atoms with van der Waals surface area (Å²) in [6.45, 7) is 3.92. The third-order valence-electron chi connectivity index (χ3n) is 3.36. The summed E-state index contributed by atoms with van der Waals surface area (Å²) in [5, 5.41) is 12.5. The van der Waals surface area contributed by atoms with Crippen LogP contribution in [0.5, 0.6) is 0 Å². The van der Waals surface area contributed by atoms with Crippen molar-refractivity contribution in [1.29, 1.82) is 0 Å². The van der Waals surface area contributed by atoms with E-state index in [1.807, 2.05) is 26.2 Å². The van der Waals surface area contributed by atoms with Gasteiger partial charge in [-0.1, -0.05) is 35.9 Å². The Labute approximate surface area is 132 Å². The first-order valence-corrected chi connectivity index (χ1v) is 6.97. The molecule has 0 bridgehead atoms. The standard InChI is InChI=1S/C17H23NO2.ClH/c1-13-4-5-15-11-16(7-6-14(15)10-13)17(19)12-20-9-8-18(2)3;/h4-7,10-11,17,19H,8-9,12H2,1-3H3;1H. The van der Waals surface area contributed by atoms with Crippen LogP contribution in [-0.2, 0) is 4.74 Å². The fourth-order valence-electron chi connectivity index (χ4n) is 2.13. The molecule has 2 aromatic carbocycles. The highest BCUT2D eigenvalue weighted by atomic mass is 35.5. The summed E-state index contributed by atoms with van der Waals surface area (Å²) in [6.07, 6.45) is -0.567. The molecule has 0 fully saturated rings. The lowest BCUT2D eigenvalue weighted by Gasteiger charge is -2.14. The molecule has 3 nitrogen and oxygen atoms in total. The molecule has 0 aliphatic carbocycles.